The van der Waals surface area contributed by atoms with Crippen LogP contribution >= 0.6 is 0 Å². The fourth-order valence-corrected chi connectivity index (χ4v) is 1.70. The number of nitrogens with one attached hydrogen (secondary N) is 1. The fourth-order valence-electron chi connectivity index (χ4n) is 1.70. The Hall–Kier alpha value is -0.110. The normalized spacial score (nSPS) is 38.4. The van der Waals surface area contributed by atoms with E-state index in [9.17, 15) is 4.39 Å². The van der Waals surface area contributed by atoms with E-state index in [1.165, 1.54) is 0 Å². The summed E-state index contributed by atoms with van der Waals surface area (Å²) >= 11 is 0. The molecule has 1 heterocycles. The third kappa shape index (κ3) is 0.858. The second kappa shape index (κ2) is 1.94. The molecule has 2 rings (SSSR count). The molecule has 0 aromatic heterocycles. The average Bonchev–Trinajstić information content (AvgIpc) is 2.32. The number of rotatable bonds is 2. The summed E-state index contributed by atoms with van der Waals surface area (Å²) in [6.07, 6.45) is 3.24. The first-order chi connectivity index (χ1) is 4.71. The van der Waals surface area contributed by atoms with E-state index in [1.54, 1.807) is 6.92 Å². The minimum atomic E-state index is -0.905. The van der Waals surface area contributed by atoms with E-state index in [0.717, 1.165) is 25.8 Å². The molecule has 1 N–H and O–H groups in total. The Morgan fingerprint density at radius 2 is 2.00 bits per heavy atom. The molecular formula is C8H14FN. The van der Waals surface area contributed by atoms with Crippen LogP contribution in [-0.2, 0) is 0 Å². The van der Waals surface area contributed by atoms with Crippen LogP contribution in [0.4, 0.5) is 4.39 Å². The molecule has 58 valence electrons. The van der Waals surface area contributed by atoms with Crippen LogP contribution in [0.15, 0.2) is 0 Å². The molecule has 0 aromatic rings. The van der Waals surface area contributed by atoms with Gasteiger partial charge in [0.2, 0.25) is 0 Å². The van der Waals surface area contributed by atoms with E-state index in [-0.39, 0.29) is 6.04 Å². The minimum Gasteiger partial charge on any atom is -0.311 e. The van der Waals surface area contributed by atoms with Crippen LogP contribution in [0.3, 0.4) is 0 Å². The highest BCUT2D eigenvalue weighted by Gasteiger charge is 2.49. The fraction of sp³-hybridized carbons (Fsp3) is 1.00. The Morgan fingerprint density at radius 3 is 2.30 bits per heavy atom. The zero-order valence-electron chi connectivity index (χ0n) is 6.36. The topological polar surface area (TPSA) is 12.0 Å². The zero-order valence-corrected chi connectivity index (χ0v) is 6.36. The molecule has 1 aliphatic carbocycles. The molecule has 10 heavy (non-hydrogen) atoms. The number of hydrogen-bond donors (Lipinski definition) is 1. The summed E-state index contributed by atoms with van der Waals surface area (Å²) < 4.78 is 13.7. The van der Waals surface area contributed by atoms with Gasteiger partial charge in [0.1, 0.15) is 5.67 Å². The van der Waals surface area contributed by atoms with Gasteiger partial charge in [-0.05, 0) is 38.6 Å². The first-order valence-electron chi connectivity index (χ1n) is 4.13. The molecule has 0 spiro atoms. The van der Waals surface area contributed by atoms with Crippen molar-refractivity contribution in [2.24, 2.45) is 5.92 Å². The van der Waals surface area contributed by atoms with Gasteiger partial charge in [0, 0.05) is 6.04 Å². The number of hydrogen-bond acceptors (Lipinski definition) is 1. The largest absolute Gasteiger partial charge is 0.311 e. The Labute approximate surface area is 61.0 Å². The first-order valence-corrected chi connectivity index (χ1v) is 4.13. The SMILES string of the molecule is CC(F)(C1CC1)C1CCN1. The average molecular weight is 143 g/mol. The van der Waals surface area contributed by atoms with Crippen molar-refractivity contribution in [1.82, 2.24) is 5.32 Å². The molecule has 2 aliphatic rings. The predicted octanol–water partition coefficient (Wildman–Crippen LogP) is 1.49. The summed E-state index contributed by atoms with van der Waals surface area (Å²) in [5.74, 6) is 0.366. The molecule has 1 saturated heterocycles. The van der Waals surface area contributed by atoms with Crippen LogP contribution in [0.2, 0.25) is 0 Å². The van der Waals surface area contributed by atoms with E-state index in [2.05, 4.69) is 5.32 Å². The maximum atomic E-state index is 13.7. The molecule has 0 radical (unpaired) electrons. The lowest BCUT2D eigenvalue weighted by atomic mass is 9.86. The van der Waals surface area contributed by atoms with Gasteiger partial charge in [-0.1, -0.05) is 0 Å². The van der Waals surface area contributed by atoms with E-state index < -0.39 is 5.67 Å². The molecular weight excluding hydrogens is 129 g/mol. The highest BCUT2D eigenvalue weighted by atomic mass is 19.1. The van der Waals surface area contributed by atoms with Crippen LogP contribution in [0.1, 0.15) is 26.2 Å². The van der Waals surface area contributed by atoms with Crippen molar-refractivity contribution >= 4 is 0 Å². The summed E-state index contributed by atoms with van der Waals surface area (Å²) in [6, 6.07) is 0.167. The van der Waals surface area contributed by atoms with Gasteiger partial charge in [0.05, 0.1) is 0 Å². The van der Waals surface area contributed by atoms with Gasteiger partial charge in [-0.2, -0.15) is 0 Å². The third-order valence-corrected chi connectivity index (χ3v) is 2.88. The molecule has 2 fully saturated rings. The summed E-state index contributed by atoms with van der Waals surface area (Å²) in [4.78, 5) is 0. The molecule has 2 unspecified atom stereocenters. The van der Waals surface area contributed by atoms with Crippen molar-refractivity contribution in [1.29, 1.82) is 0 Å². The molecule has 1 aliphatic heterocycles. The van der Waals surface area contributed by atoms with E-state index in [1.807, 2.05) is 0 Å². The number of halogens is 1. The van der Waals surface area contributed by atoms with Gasteiger partial charge in [-0.25, -0.2) is 4.39 Å². The third-order valence-electron chi connectivity index (χ3n) is 2.88. The second-order valence-corrected chi connectivity index (χ2v) is 3.72. The number of alkyl halides is 1. The van der Waals surface area contributed by atoms with Crippen LogP contribution in [-0.4, -0.2) is 18.3 Å². The Morgan fingerprint density at radius 1 is 1.40 bits per heavy atom. The minimum absolute atomic E-state index is 0.167. The lowest BCUT2D eigenvalue weighted by molar-refractivity contribution is 0.0650. The summed E-state index contributed by atoms with van der Waals surface area (Å²) in [5, 5.41) is 3.13. The van der Waals surface area contributed by atoms with Gasteiger partial charge in [0.15, 0.2) is 0 Å². The van der Waals surface area contributed by atoms with Crippen LogP contribution in [0.25, 0.3) is 0 Å². The Balaban J connectivity index is 1.97. The zero-order chi connectivity index (χ0) is 7.19. The molecule has 2 atom stereocenters. The Bertz CT molecular complexity index is 136. The van der Waals surface area contributed by atoms with Gasteiger partial charge in [-0.15, -0.1) is 0 Å². The smallest absolute Gasteiger partial charge is 0.126 e. The monoisotopic (exact) mass is 143 g/mol. The van der Waals surface area contributed by atoms with Gasteiger partial charge < -0.3 is 5.32 Å². The van der Waals surface area contributed by atoms with Crippen molar-refractivity contribution in [3.63, 3.8) is 0 Å². The van der Waals surface area contributed by atoms with Crippen LogP contribution < -0.4 is 5.32 Å². The van der Waals surface area contributed by atoms with Crippen LogP contribution in [0, 0.1) is 5.92 Å². The van der Waals surface area contributed by atoms with Gasteiger partial charge in [0.25, 0.3) is 0 Å². The lowest BCUT2D eigenvalue weighted by Crippen LogP contribution is -2.56. The van der Waals surface area contributed by atoms with E-state index in [0.29, 0.717) is 5.92 Å². The highest BCUT2D eigenvalue weighted by molar-refractivity contribution is 5.03. The maximum Gasteiger partial charge on any atom is 0.126 e. The lowest BCUT2D eigenvalue weighted by Gasteiger charge is -2.38. The Kier molecular flexibility index (Phi) is 1.28. The molecule has 2 heteroatoms. The second-order valence-electron chi connectivity index (χ2n) is 3.72. The standard InChI is InChI=1S/C8H14FN/c1-8(9,6-2-3-6)7-4-5-10-7/h6-7,10H,2-5H2,1H3. The molecule has 0 amide bonds. The van der Waals surface area contributed by atoms with Crippen molar-refractivity contribution in [3.05, 3.63) is 0 Å². The summed E-state index contributed by atoms with van der Waals surface area (Å²) in [5.41, 5.74) is -0.905. The quantitative estimate of drug-likeness (QED) is 0.617. The van der Waals surface area contributed by atoms with Crippen molar-refractivity contribution in [2.75, 3.05) is 6.54 Å². The summed E-state index contributed by atoms with van der Waals surface area (Å²) in [7, 11) is 0. The predicted molar refractivity (Wildman–Crippen MR) is 38.6 cm³/mol. The summed E-state index contributed by atoms with van der Waals surface area (Å²) in [6.45, 7) is 2.76. The maximum absolute atomic E-state index is 13.7. The molecule has 0 aromatic carbocycles. The van der Waals surface area contributed by atoms with Crippen molar-refractivity contribution in [3.8, 4) is 0 Å². The molecule has 1 saturated carbocycles. The van der Waals surface area contributed by atoms with Crippen molar-refractivity contribution < 1.29 is 4.39 Å². The van der Waals surface area contributed by atoms with E-state index >= 15 is 0 Å². The highest BCUT2D eigenvalue weighted by Crippen LogP contribution is 2.45. The van der Waals surface area contributed by atoms with E-state index in [4.69, 9.17) is 0 Å². The van der Waals surface area contributed by atoms with Crippen molar-refractivity contribution in [2.45, 2.75) is 37.9 Å². The first kappa shape index (κ1) is 6.59. The molecule has 1 nitrogen and oxygen atoms in total. The van der Waals surface area contributed by atoms with Gasteiger partial charge >= 0.3 is 0 Å². The van der Waals surface area contributed by atoms with Crippen LogP contribution in [0.5, 0.6) is 0 Å². The van der Waals surface area contributed by atoms with Gasteiger partial charge in [-0.3, -0.25) is 0 Å². The molecule has 0 bridgehead atoms.